The lowest BCUT2D eigenvalue weighted by Crippen LogP contribution is -2.37. The van der Waals surface area contributed by atoms with E-state index >= 15 is 0 Å². The fraction of sp³-hybridized carbons (Fsp3) is 0.391. The van der Waals surface area contributed by atoms with Crippen molar-refractivity contribution in [3.63, 3.8) is 0 Å². The van der Waals surface area contributed by atoms with Crippen LogP contribution in [0.2, 0.25) is 5.02 Å². The van der Waals surface area contributed by atoms with Crippen molar-refractivity contribution in [2.45, 2.75) is 25.3 Å². The predicted octanol–water partition coefficient (Wildman–Crippen LogP) is 2.97. The zero-order valence-electron chi connectivity index (χ0n) is 18.1. The molecule has 1 fully saturated rings. The van der Waals surface area contributed by atoms with Crippen LogP contribution in [0.1, 0.15) is 17.8 Å². The number of hydrogen-bond donors (Lipinski definition) is 0. The Hall–Kier alpha value is -2.42. The van der Waals surface area contributed by atoms with Crippen LogP contribution in [0.15, 0.2) is 48.5 Å². The second-order valence-corrected chi connectivity index (χ2v) is 10.9. The van der Waals surface area contributed by atoms with E-state index in [0.717, 1.165) is 36.6 Å². The van der Waals surface area contributed by atoms with Crippen molar-refractivity contribution >= 4 is 38.4 Å². The molecule has 0 N–H and O–H groups in total. The van der Waals surface area contributed by atoms with Crippen LogP contribution in [-0.4, -0.2) is 66.1 Å². The standard InChI is InChI=1S/C23H27ClN4O3S/c1-32(30,31)17-22-25-20-5-2-3-6-21(20)28(22)16-23(29)27-12-4-11-26(13-14-27)15-18-7-9-19(24)10-8-18/h2-3,5-10H,4,11-17H2,1H3. The molecule has 0 radical (unpaired) electrons. The first-order chi connectivity index (χ1) is 15.3. The maximum atomic E-state index is 13.2. The number of imidazole rings is 1. The number of nitrogens with zero attached hydrogens (tertiary/aromatic N) is 4. The first-order valence-corrected chi connectivity index (χ1v) is 13.1. The molecule has 0 aliphatic carbocycles. The molecule has 0 unspecified atom stereocenters. The monoisotopic (exact) mass is 474 g/mol. The third kappa shape index (κ3) is 5.68. The van der Waals surface area contributed by atoms with Crippen molar-refractivity contribution in [3.8, 4) is 0 Å². The van der Waals surface area contributed by atoms with Crippen LogP contribution >= 0.6 is 11.6 Å². The Balaban J connectivity index is 1.45. The number of aromatic nitrogens is 2. The molecule has 2 heterocycles. The molecule has 0 spiro atoms. The highest BCUT2D eigenvalue weighted by Gasteiger charge is 2.22. The molecule has 7 nitrogen and oxygen atoms in total. The van der Waals surface area contributed by atoms with Crippen LogP contribution in [0.5, 0.6) is 0 Å². The number of fused-ring (bicyclic) bond motifs is 1. The zero-order valence-corrected chi connectivity index (χ0v) is 19.6. The van der Waals surface area contributed by atoms with Crippen LogP contribution in [0.4, 0.5) is 0 Å². The zero-order chi connectivity index (χ0) is 22.7. The van der Waals surface area contributed by atoms with Gasteiger partial charge < -0.3 is 9.47 Å². The van der Waals surface area contributed by atoms with Gasteiger partial charge in [-0.2, -0.15) is 0 Å². The van der Waals surface area contributed by atoms with Crippen LogP contribution in [0.25, 0.3) is 11.0 Å². The molecule has 3 aromatic rings. The van der Waals surface area contributed by atoms with Crippen molar-refractivity contribution in [1.29, 1.82) is 0 Å². The van der Waals surface area contributed by atoms with Gasteiger partial charge in [0.2, 0.25) is 5.91 Å². The highest BCUT2D eigenvalue weighted by atomic mass is 35.5. The average molecular weight is 475 g/mol. The molecule has 0 bridgehead atoms. The van der Waals surface area contributed by atoms with Crippen LogP contribution < -0.4 is 0 Å². The Morgan fingerprint density at radius 3 is 2.53 bits per heavy atom. The van der Waals surface area contributed by atoms with E-state index in [2.05, 4.69) is 9.88 Å². The maximum absolute atomic E-state index is 13.2. The number of para-hydroxylation sites is 2. The molecule has 1 saturated heterocycles. The summed E-state index contributed by atoms with van der Waals surface area (Å²) in [6.45, 7) is 3.94. The molecular formula is C23H27ClN4O3S. The summed E-state index contributed by atoms with van der Waals surface area (Å²) in [6.07, 6.45) is 2.07. The molecule has 1 amide bonds. The Bertz CT molecular complexity index is 1210. The quantitative estimate of drug-likeness (QED) is 0.549. The molecule has 0 atom stereocenters. The number of halogens is 1. The number of carbonyl (C=O) groups is 1. The van der Waals surface area contributed by atoms with Crippen LogP contribution in [0, 0.1) is 0 Å². The summed E-state index contributed by atoms with van der Waals surface area (Å²) < 4.78 is 25.6. The highest BCUT2D eigenvalue weighted by Crippen LogP contribution is 2.19. The first-order valence-electron chi connectivity index (χ1n) is 10.6. The van der Waals surface area contributed by atoms with Gasteiger partial charge >= 0.3 is 0 Å². The molecule has 1 aliphatic rings. The Kier molecular flexibility index (Phi) is 6.83. The second-order valence-electron chi connectivity index (χ2n) is 8.31. The molecular weight excluding hydrogens is 448 g/mol. The van der Waals surface area contributed by atoms with E-state index < -0.39 is 9.84 Å². The topological polar surface area (TPSA) is 75.5 Å². The van der Waals surface area contributed by atoms with Gasteiger partial charge in [0.05, 0.1) is 11.0 Å². The summed E-state index contributed by atoms with van der Waals surface area (Å²) in [6, 6.07) is 15.3. The number of hydrogen-bond acceptors (Lipinski definition) is 5. The van der Waals surface area contributed by atoms with Gasteiger partial charge in [-0.15, -0.1) is 0 Å². The summed E-state index contributed by atoms with van der Waals surface area (Å²) in [5, 5.41) is 0.726. The van der Waals surface area contributed by atoms with Gasteiger partial charge in [0.25, 0.3) is 0 Å². The Labute approximate surface area is 193 Å². The lowest BCUT2D eigenvalue weighted by molar-refractivity contribution is -0.131. The van der Waals surface area contributed by atoms with Gasteiger partial charge in [0, 0.05) is 44.0 Å². The smallest absolute Gasteiger partial charge is 0.242 e. The summed E-state index contributed by atoms with van der Waals surface area (Å²) >= 11 is 5.98. The molecule has 1 aromatic heterocycles. The third-order valence-electron chi connectivity index (χ3n) is 5.68. The van der Waals surface area contributed by atoms with Crippen LogP contribution in [0.3, 0.4) is 0 Å². The number of rotatable bonds is 6. The van der Waals surface area contributed by atoms with Crippen LogP contribution in [-0.2, 0) is 33.5 Å². The summed E-state index contributed by atoms with van der Waals surface area (Å²) in [5.74, 6) is 0.196. The number of sulfone groups is 1. The molecule has 9 heteroatoms. The molecule has 1 aliphatic heterocycles. The molecule has 32 heavy (non-hydrogen) atoms. The van der Waals surface area contributed by atoms with E-state index in [9.17, 15) is 13.2 Å². The van der Waals surface area contributed by atoms with Gasteiger partial charge in [0.1, 0.15) is 18.1 Å². The van der Waals surface area contributed by atoms with E-state index in [-0.39, 0.29) is 18.2 Å². The number of benzene rings is 2. The lowest BCUT2D eigenvalue weighted by atomic mass is 10.2. The lowest BCUT2D eigenvalue weighted by Gasteiger charge is -2.23. The van der Waals surface area contributed by atoms with Gasteiger partial charge in [-0.05, 0) is 36.2 Å². The van der Waals surface area contributed by atoms with Crippen molar-refractivity contribution in [2.24, 2.45) is 0 Å². The minimum Gasteiger partial charge on any atom is -0.340 e. The van der Waals surface area contributed by atoms with Crippen molar-refractivity contribution < 1.29 is 13.2 Å². The van der Waals surface area contributed by atoms with E-state index in [1.807, 2.05) is 53.4 Å². The predicted molar refractivity (Wildman–Crippen MR) is 126 cm³/mol. The molecule has 170 valence electrons. The molecule has 2 aromatic carbocycles. The van der Waals surface area contributed by atoms with E-state index in [0.29, 0.717) is 24.4 Å². The van der Waals surface area contributed by atoms with Crippen molar-refractivity contribution in [1.82, 2.24) is 19.4 Å². The third-order valence-corrected chi connectivity index (χ3v) is 6.71. The van der Waals surface area contributed by atoms with Gasteiger partial charge in [-0.1, -0.05) is 35.9 Å². The minimum absolute atomic E-state index is 0.0174. The SMILES string of the molecule is CS(=O)(=O)Cc1nc2ccccc2n1CC(=O)N1CCCN(Cc2ccc(Cl)cc2)CC1. The Morgan fingerprint density at radius 1 is 1.03 bits per heavy atom. The van der Waals surface area contributed by atoms with Gasteiger partial charge in [0.15, 0.2) is 9.84 Å². The van der Waals surface area contributed by atoms with E-state index in [4.69, 9.17) is 11.6 Å². The second kappa shape index (κ2) is 9.60. The maximum Gasteiger partial charge on any atom is 0.242 e. The van der Waals surface area contributed by atoms with Crippen molar-refractivity contribution in [3.05, 3.63) is 64.9 Å². The van der Waals surface area contributed by atoms with E-state index in [1.165, 1.54) is 11.8 Å². The largest absolute Gasteiger partial charge is 0.340 e. The van der Waals surface area contributed by atoms with Gasteiger partial charge in [-0.25, -0.2) is 13.4 Å². The van der Waals surface area contributed by atoms with E-state index in [1.54, 1.807) is 4.57 Å². The van der Waals surface area contributed by atoms with Gasteiger partial charge in [-0.3, -0.25) is 9.69 Å². The summed E-state index contributed by atoms with van der Waals surface area (Å²) in [5.41, 5.74) is 2.67. The fourth-order valence-corrected chi connectivity index (χ4v) is 4.92. The average Bonchev–Trinajstić information content (AvgIpc) is 2.91. The molecule has 0 saturated carbocycles. The molecule has 4 rings (SSSR count). The van der Waals surface area contributed by atoms with Crippen molar-refractivity contribution in [2.75, 3.05) is 32.4 Å². The fourth-order valence-electron chi connectivity index (χ4n) is 4.11. The normalized spacial score (nSPS) is 15.8. The number of carbonyl (C=O) groups excluding carboxylic acids is 1. The highest BCUT2D eigenvalue weighted by molar-refractivity contribution is 7.89. The Morgan fingerprint density at radius 2 is 1.78 bits per heavy atom. The summed E-state index contributed by atoms with van der Waals surface area (Å²) in [4.78, 5) is 21.9. The summed E-state index contributed by atoms with van der Waals surface area (Å²) in [7, 11) is -3.28. The minimum atomic E-state index is -3.28. The number of amides is 1. The first kappa shape index (κ1) is 22.8.